The Labute approximate surface area is 102 Å². The molecule has 0 amide bonds. The molecular weight excluding hydrogens is 280 g/mol. The number of hydrogen-bond donors (Lipinski definition) is 1. The van der Waals surface area contributed by atoms with Crippen LogP contribution in [0.1, 0.15) is 5.56 Å². The van der Waals surface area contributed by atoms with Crippen molar-refractivity contribution in [3.63, 3.8) is 0 Å². The van der Waals surface area contributed by atoms with Crippen LogP contribution >= 0.6 is 0 Å². The van der Waals surface area contributed by atoms with E-state index >= 15 is 0 Å². The summed E-state index contributed by atoms with van der Waals surface area (Å²) in [5.41, 5.74) is 4.47. The molecule has 0 bridgehead atoms. The Morgan fingerprint density at radius 3 is 2.16 bits per heavy atom. The van der Waals surface area contributed by atoms with Crippen LogP contribution in [0.25, 0.3) is 0 Å². The number of hydrogen-bond acceptors (Lipinski definition) is 4. The topological polar surface area (TPSA) is 71.9 Å². The lowest BCUT2D eigenvalue weighted by Gasteiger charge is -2.23. The van der Waals surface area contributed by atoms with Gasteiger partial charge in [-0.2, -0.15) is 31.6 Å². The highest BCUT2D eigenvalue weighted by atomic mass is 19.4. The number of nitrogens with two attached hydrogens (primary N) is 1. The number of anilines is 1. The predicted octanol–water partition coefficient (Wildman–Crippen LogP) is 2.41. The minimum atomic E-state index is -5.69. The number of halogens is 6. The molecule has 1 aromatic rings. The van der Waals surface area contributed by atoms with Crippen LogP contribution in [0.15, 0.2) is 12.3 Å². The van der Waals surface area contributed by atoms with Crippen LogP contribution in [0.4, 0.5) is 32.0 Å². The summed E-state index contributed by atoms with van der Waals surface area (Å²) in [6, 6.07) is 2.20. The van der Waals surface area contributed by atoms with Crippen LogP contribution in [0.2, 0.25) is 0 Å². The number of nitrogens with zero attached hydrogens (tertiary/aromatic N) is 2. The van der Waals surface area contributed by atoms with E-state index < -0.39 is 29.9 Å². The van der Waals surface area contributed by atoms with E-state index in [1.165, 1.54) is 6.07 Å². The quantitative estimate of drug-likeness (QED) is 0.847. The van der Waals surface area contributed by atoms with E-state index in [9.17, 15) is 26.3 Å². The van der Waals surface area contributed by atoms with Crippen molar-refractivity contribution in [3.8, 4) is 11.9 Å². The molecule has 0 aromatic carbocycles. The third kappa shape index (κ3) is 3.64. The van der Waals surface area contributed by atoms with Crippen LogP contribution in [0.5, 0.6) is 5.88 Å². The molecule has 0 fully saturated rings. The molecule has 1 aromatic heterocycles. The fraction of sp³-hybridized carbons (Fsp3) is 0.333. The van der Waals surface area contributed by atoms with E-state index in [2.05, 4.69) is 9.72 Å². The maximum absolute atomic E-state index is 12.2. The van der Waals surface area contributed by atoms with Crippen LogP contribution < -0.4 is 10.5 Å². The third-order valence-electron chi connectivity index (χ3n) is 1.82. The van der Waals surface area contributed by atoms with Gasteiger partial charge in [-0.25, -0.2) is 4.98 Å². The molecule has 0 radical (unpaired) electrons. The Morgan fingerprint density at radius 2 is 1.74 bits per heavy atom. The summed E-state index contributed by atoms with van der Waals surface area (Å²) in [5.74, 6) is -1.09. The van der Waals surface area contributed by atoms with Gasteiger partial charge in [-0.3, -0.25) is 0 Å². The fourth-order valence-corrected chi connectivity index (χ4v) is 1.07. The van der Waals surface area contributed by atoms with Crippen molar-refractivity contribution < 1.29 is 31.1 Å². The largest absolute Gasteiger partial charge is 0.454 e. The lowest BCUT2D eigenvalue weighted by Crippen LogP contribution is -2.46. The summed E-state index contributed by atoms with van der Waals surface area (Å²) in [6.45, 7) is 0. The Morgan fingerprint density at radius 1 is 1.21 bits per heavy atom. The lowest BCUT2D eigenvalue weighted by atomic mass is 10.2. The molecule has 0 aliphatic rings. The van der Waals surface area contributed by atoms with Crippen LogP contribution in [-0.4, -0.2) is 23.4 Å². The first kappa shape index (κ1) is 14.9. The highest BCUT2D eigenvalue weighted by molar-refractivity contribution is 5.48. The molecule has 0 spiro atoms. The van der Waals surface area contributed by atoms with Crippen LogP contribution in [-0.2, 0) is 0 Å². The van der Waals surface area contributed by atoms with Crippen molar-refractivity contribution in [1.29, 1.82) is 5.26 Å². The standard InChI is InChI=1S/C9H5F6N3O/c10-8(11,12)7(9(13,14)15)19-6-4(2-16)1-5(17)3-18-6/h1,3,7H,17H2. The van der Waals surface area contributed by atoms with Crippen molar-refractivity contribution in [3.05, 3.63) is 17.8 Å². The molecule has 0 aliphatic carbocycles. The molecule has 0 saturated heterocycles. The molecule has 0 saturated carbocycles. The van der Waals surface area contributed by atoms with E-state index in [4.69, 9.17) is 11.0 Å². The Bertz CT molecular complexity index is 490. The second kappa shape index (κ2) is 4.83. The van der Waals surface area contributed by atoms with Gasteiger partial charge in [0.15, 0.2) is 0 Å². The molecule has 1 heterocycles. The number of aromatic nitrogens is 1. The predicted molar refractivity (Wildman–Crippen MR) is 49.9 cm³/mol. The normalized spacial score (nSPS) is 12.3. The van der Waals surface area contributed by atoms with E-state index in [0.29, 0.717) is 0 Å². The summed E-state index contributed by atoms with van der Waals surface area (Å²) < 4.78 is 77.2. The number of alkyl halides is 6. The fourth-order valence-electron chi connectivity index (χ4n) is 1.07. The van der Waals surface area contributed by atoms with E-state index in [-0.39, 0.29) is 5.69 Å². The molecule has 10 heteroatoms. The van der Waals surface area contributed by atoms with E-state index in [1.807, 2.05) is 0 Å². The molecule has 1 rings (SSSR count). The van der Waals surface area contributed by atoms with Crippen molar-refractivity contribution in [2.45, 2.75) is 18.5 Å². The maximum atomic E-state index is 12.2. The first-order chi connectivity index (χ1) is 8.55. The second-order valence-corrected chi connectivity index (χ2v) is 3.31. The van der Waals surface area contributed by atoms with Crippen molar-refractivity contribution >= 4 is 5.69 Å². The van der Waals surface area contributed by atoms with Gasteiger partial charge >= 0.3 is 12.4 Å². The van der Waals surface area contributed by atoms with Gasteiger partial charge in [-0.05, 0) is 6.07 Å². The first-order valence-corrected chi connectivity index (χ1v) is 4.51. The van der Waals surface area contributed by atoms with E-state index in [0.717, 1.165) is 12.3 Å². The highest BCUT2D eigenvalue weighted by Crippen LogP contribution is 2.36. The number of pyridine rings is 1. The maximum Gasteiger partial charge on any atom is 0.434 e. The van der Waals surface area contributed by atoms with E-state index in [1.54, 1.807) is 0 Å². The number of ether oxygens (including phenoxy) is 1. The molecular formula is C9H5F6N3O. The van der Waals surface area contributed by atoms with Crippen LogP contribution in [0, 0.1) is 11.3 Å². The Balaban J connectivity index is 3.15. The average molecular weight is 285 g/mol. The number of nitrogen functional groups attached to an aromatic ring is 1. The SMILES string of the molecule is N#Cc1cc(N)cnc1OC(C(F)(F)F)C(F)(F)F. The zero-order chi connectivity index (χ0) is 14.8. The van der Waals surface area contributed by atoms with Crippen molar-refractivity contribution in [2.24, 2.45) is 0 Å². The molecule has 0 atom stereocenters. The summed E-state index contributed by atoms with van der Waals surface area (Å²) in [7, 11) is 0. The summed E-state index contributed by atoms with van der Waals surface area (Å²) >= 11 is 0. The van der Waals surface area contributed by atoms with Gasteiger partial charge in [0, 0.05) is 0 Å². The molecule has 104 valence electrons. The Kier molecular flexibility index (Phi) is 3.78. The third-order valence-corrected chi connectivity index (χ3v) is 1.82. The summed E-state index contributed by atoms with van der Waals surface area (Å²) in [5, 5.41) is 8.57. The molecule has 19 heavy (non-hydrogen) atoms. The molecule has 0 unspecified atom stereocenters. The summed E-state index contributed by atoms with van der Waals surface area (Å²) in [6.07, 6.45) is -14.7. The van der Waals surface area contributed by atoms with Gasteiger partial charge < -0.3 is 10.5 Å². The van der Waals surface area contributed by atoms with Gasteiger partial charge in [0.05, 0.1) is 11.9 Å². The zero-order valence-corrected chi connectivity index (χ0v) is 8.88. The molecule has 0 aliphatic heterocycles. The summed E-state index contributed by atoms with van der Waals surface area (Å²) in [4.78, 5) is 3.15. The molecule has 4 nitrogen and oxygen atoms in total. The monoisotopic (exact) mass is 285 g/mol. The minimum absolute atomic E-state index is 0.0977. The molecule has 2 N–H and O–H groups in total. The first-order valence-electron chi connectivity index (χ1n) is 4.51. The zero-order valence-electron chi connectivity index (χ0n) is 8.88. The average Bonchev–Trinajstić information content (AvgIpc) is 2.23. The lowest BCUT2D eigenvalue weighted by molar-refractivity contribution is -0.300. The van der Waals surface area contributed by atoms with Gasteiger partial charge in [0.25, 0.3) is 6.10 Å². The van der Waals surface area contributed by atoms with Gasteiger partial charge in [-0.1, -0.05) is 0 Å². The number of nitriles is 1. The second-order valence-electron chi connectivity index (χ2n) is 3.31. The van der Waals surface area contributed by atoms with Gasteiger partial charge in [0.2, 0.25) is 5.88 Å². The van der Waals surface area contributed by atoms with Gasteiger partial charge in [0.1, 0.15) is 11.6 Å². The smallest absolute Gasteiger partial charge is 0.434 e. The van der Waals surface area contributed by atoms with Crippen molar-refractivity contribution in [1.82, 2.24) is 4.98 Å². The van der Waals surface area contributed by atoms with Crippen LogP contribution in [0.3, 0.4) is 0 Å². The Hall–Kier alpha value is -2.18. The highest BCUT2D eigenvalue weighted by Gasteiger charge is 2.59. The number of rotatable bonds is 2. The minimum Gasteiger partial charge on any atom is -0.454 e. The van der Waals surface area contributed by atoms with Gasteiger partial charge in [-0.15, -0.1) is 0 Å². The van der Waals surface area contributed by atoms with Crippen molar-refractivity contribution in [2.75, 3.05) is 5.73 Å².